The number of nitrogens with zero attached hydrogens (tertiary/aromatic N) is 1. The zero-order valence-corrected chi connectivity index (χ0v) is 17.5. The fourth-order valence-electron chi connectivity index (χ4n) is 3.49. The van der Waals surface area contributed by atoms with Crippen molar-refractivity contribution in [1.29, 1.82) is 0 Å². The van der Waals surface area contributed by atoms with Gasteiger partial charge in [-0.1, -0.05) is 12.1 Å². The number of methoxy groups -OCH3 is 2. The molecule has 0 radical (unpaired) electrons. The molecule has 8 nitrogen and oxygen atoms in total. The predicted octanol–water partition coefficient (Wildman–Crippen LogP) is 2.52. The summed E-state index contributed by atoms with van der Waals surface area (Å²) in [5.41, 5.74) is 2.68. The van der Waals surface area contributed by atoms with E-state index in [0.717, 1.165) is 11.1 Å². The van der Waals surface area contributed by atoms with Crippen LogP contribution in [0.15, 0.2) is 36.4 Å². The second kappa shape index (κ2) is 8.62. The van der Waals surface area contributed by atoms with E-state index in [1.165, 1.54) is 0 Å². The Morgan fingerprint density at radius 1 is 1.10 bits per heavy atom. The zero-order valence-electron chi connectivity index (χ0n) is 17.5. The number of hydrogen-bond donors (Lipinski definition) is 2. The lowest BCUT2D eigenvalue weighted by molar-refractivity contribution is -0.137. The first-order valence-electron chi connectivity index (χ1n) is 9.54. The molecule has 0 saturated carbocycles. The zero-order chi connectivity index (χ0) is 21.9. The first kappa shape index (κ1) is 21.4. The fraction of sp³-hybridized carbons (Fsp3) is 0.364. The van der Waals surface area contributed by atoms with E-state index in [4.69, 9.17) is 19.4 Å². The molecule has 160 valence electrons. The summed E-state index contributed by atoms with van der Waals surface area (Å²) in [5, 5.41) is 8.82. The number of rotatable bonds is 5. The van der Waals surface area contributed by atoms with Crippen molar-refractivity contribution < 1.29 is 29.0 Å². The number of fused-ring (bicyclic) bond motifs is 1. The molecule has 0 spiro atoms. The fourth-order valence-corrected chi connectivity index (χ4v) is 3.49. The van der Waals surface area contributed by atoms with Gasteiger partial charge in [-0.3, -0.25) is 14.8 Å². The number of amides is 2. The van der Waals surface area contributed by atoms with Crippen LogP contribution in [0.3, 0.4) is 0 Å². The van der Waals surface area contributed by atoms with Crippen LogP contribution < -0.4 is 19.7 Å². The highest BCUT2D eigenvalue weighted by Crippen LogP contribution is 2.35. The first-order chi connectivity index (χ1) is 14.3. The molecule has 2 amide bonds. The van der Waals surface area contributed by atoms with Crippen LogP contribution in [-0.4, -0.2) is 49.3 Å². The monoisotopic (exact) mass is 414 g/mol. The van der Waals surface area contributed by atoms with Crippen LogP contribution in [0.4, 0.5) is 0 Å². The van der Waals surface area contributed by atoms with Gasteiger partial charge in [0.2, 0.25) is 5.91 Å². The Morgan fingerprint density at radius 3 is 2.50 bits per heavy atom. The molecule has 2 aromatic carbocycles. The Kier molecular flexibility index (Phi) is 6.17. The summed E-state index contributed by atoms with van der Waals surface area (Å²) in [6.07, 6.45) is 0. The second-order valence-corrected chi connectivity index (χ2v) is 7.53. The molecule has 0 bridgehead atoms. The van der Waals surface area contributed by atoms with Gasteiger partial charge < -0.3 is 19.1 Å². The van der Waals surface area contributed by atoms with Gasteiger partial charge in [0, 0.05) is 17.7 Å². The molecule has 0 fully saturated rings. The summed E-state index contributed by atoms with van der Waals surface area (Å²) in [6, 6.07) is 10.3. The molecule has 0 aromatic heterocycles. The first-order valence-corrected chi connectivity index (χ1v) is 9.54. The summed E-state index contributed by atoms with van der Waals surface area (Å²) in [7, 11) is 3.13. The number of benzene rings is 2. The van der Waals surface area contributed by atoms with E-state index in [2.05, 4.69) is 0 Å². The van der Waals surface area contributed by atoms with E-state index < -0.39 is 11.3 Å². The van der Waals surface area contributed by atoms with Gasteiger partial charge in [0.15, 0.2) is 11.5 Å². The molecule has 8 heteroatoms. The third-order valence-electron chi connectivity index (χ3n) is 5.34. The highest BCUT2D eigenvalue weighted by molar-refractivity contribution is 5.94. The minimum absolute atomic E-state index is 0.0525. The molecule has 0 unspecified atom stereocenters. The van der Waals surface area contributed by atoms with Gasteiger partial charge in [-0.25, -0.2) is 5.48 Å². The van der Waals surface area contributed by atoms with Crippen LogP contribution >= 0.6 is 0 Å². The van der Waals surface area contributed by atoms with Crippen LogP contribution in [0.1, 0.15) is 35.3 Å². The maximum absolute atomic E-state index is 13.5. The standard InChI is InChI=1S/C22H26N2O6/c1-22(2,16-7-8-17(28-3)19(12-16)29-4)21(26)24-9-10-30-18-11-14(20(25)23-27)5-6-15(18)13-24/h5-8,11-12,27H,9-10,13H2,1-4H3,(H,23,25). The molecule has 0 aliphatic carbocycles. The summed E-state index contributed by atoms with van der Waals surface area (Å²) in [6.45, 7) is 4.80. The molecular formula is C22H26N2O6. The van der Waals surface area contributed by atoms with E-state index in [1.54, 1.807) is 48.9 Å². The number of hydrogen-bond acceptors (Lipinski definition) is 6. The van der Waals surface area contributed by atoms with Gasteiger partial charge in [-0.05, 0) is 43.7 Å². The number of nitrogens with one attached hydrogen (secondary N) is 1. The third-order valence-corrected chi connectivity index (χ3v) is 5.34. The summed E-state index contributed by atoms with van der Waals surface area (Å²) in [5.74, 6) is 1.02. The minimum atomic E-state index is -0.805. The van der Waals surface area contributed by atoms with E-state index in [0.29, 0.717) is 36.9 Å². The van der Waals surface area contributed by atoms with E-state index in [1.807, 2.05) is 26.0 Å². The maximum Gasteiger partial charge on any atom is 0.274 e. The Bertz CT molecular complexity index is 957. The molecular weight excluding hydrogens is 388 g/mol. The topological polar surface area (TPSA) is 97.3 Å². The van der Waals surface area contributed by atoms with Gasteiger partial charge in [0.25, 0.3) is 5.91 Å². The Hall–Kier alpha value is -3.26. The average Bonchev–Trinajstić information content (AvgIpc) is 2.99. The van der Waals surface area contributed by atoms with Crippen molar-refractivity contribution in [3.8, 4) is 17.2 Å². The van der Waals surface area contributed by atoms with Crippen LogP contribution in [0.25, 0.3) is 0 Å². The molecule has 1 aliphatic heterocycles. The Balaban J connectivity index is 1.86. The van der Waals surface area contributed by atoms with Crippen LogP contribution in [0.2, 0.25) is 0 Å². The van der Waals surface area contributed by atoms with Crippen molar-refractivity contribution in [3.05, 3.63) is 53.1 Å². The largest absolute Gasteiger partial charge is 0.493 e. The molecule has 0 saturated heterocycles. The Labute approximate surface area is 175 Å². The lowest BCUT2D eigenvalue weighted by Gasteiger charge is -2.31. The van der Waals surface area contributed by atoms with Gasteiger partial charge in [-0.2, -0.15) is 0 Å². The van der Waals surface area contributed by atoms with Crippen molar-refractivity contribution in [2.24, 2.45) is 0 Å². The molecule has 1 heterocycles. The van der Waals surface area contributed by atoms with Crippen molar-refractivity contribution in [2.45, 2.75) is 25.8 Å². The number of carbonyl (C=O) groups is 2. The van der Waals surface area contributed by atoms with Gasteiger partial charge in [0.1, 0.15) is 12.4 Å². The van der Waals surface area contributed by atoms with Gasteiger partial charge >= 0.3 is 0 Å². The van der Waals surface area contributed by atoms with E-state index in [-0.39, 0.29) is 11.5 Å². The molecule has 30 heavy (non-hydrogen) atoms. The highest BCUT2D eigenvalue weighted by Gasteiger charge is 2.35. The number of ether oxygens (including phenoxy) is 3. The summed E-state index contributed by atoms with van der Waals surface area (Å²) >= 11 is 0. The molecule has 3 rings (SSSR count). The molecule has 1 aliphatic rings. The second-order valence-electron chi connectivity index (χ2n) is 7.53. The minimum Gasteiger partial charge on any atom is -0.493 e. The quantitative estimate of drug-likeness (QED) is 0.576. The average molecular weight is 414 g/mol. The predicted molar refractivity (Wildman–Crippen MR) is 109 cm³/mol. The van der Waals surface area contributed by atoms with Crippen LogP contribution in [0, 0.1) is 0 Å². The normalized spacial score (nSPS) is 13.6. The van der Waals surface area contributed by atoms with E-state index in [9.17, 15) is 9.59 Å². The lowest BCUT2D eigenvalue weighted by atomic mass is 9.82. The van der Waals surface area contributed by atoms with Crippen LogP contribution in [-0.2, 0) is 16.8 Å². The molecule has 2 aromatic rings. The maximum atomic E-state index is 13.5. The SMILES string of the molecule is COc1ccc(C(C)(C)C(=O)N2CCOc3cc(C(=O)NO)ccc3C2)cc1OC. The van der Waals surface area contributed by atoms with Crippen molar-refractivity contribution in [2.75, 3.05) is 27.4 Å². The van der Waals surface area contributed by atoms with Gasteiger partial charge in [-0.15, -0.1) is 0 Å². The van der Waals surface area contributed by atoms with Crippen molar-refractivity contribution in [3.63, 3.8) is 0 Å². The molecule has 2 N–H and O–H groups in total. The number of hydroxylamine groups is 1. The summed E-state index contributed by atoms with van der Waals surface area (Å²) < 4.78 is 16.4. The van der Waals surface area contributed by atoms with E-state index >= 15 is 0 Å². The van der Waals surface area contributed by atoms with Gasteiger partial charge in [0.05, 0.1) is 26.2 Å². The molecule has 0 atom stereocenters. The summed E-state index contributed by atoms with van der Waals surface area (Å²) in [4.78, 5) is 26.8. The van der Waals surface area contributed by atoms with Crippen LogP contribution in [0.5, 0.6) is 17.2 Å². The van der Waals surface area contributed by atoms with Crippen molar-refractivity contribution >= 4 is 11.8 Å². The smallest absolute Gasteiger partial charge is 0.274 e. The third kappa shape index (κ3) is 4.04. The Morgan fingerprint density at radius 2 is 1.83 bits per heavy atom. The number of carbonyl (C=O) groups excluding carboxylic acids is 2. The highest BCUT2D eigenvalue weighted by atomic mass is 16.5. The lowest BCUT2D eigenvalue weighted by Crippen LogP contribution is -2.44. The van der Waals surface area contributed by atoms with Crippen molar-refractivity contribution in [1.82, 2.24) is 10.4 Å².